The van der Waals surface area contributed by atoms with Crippen molar-refractivity contribution in [2.75, 3.05) is 6.61 Å². The van der Waals surface area contributed by atoms with E-state index in [1.807, 2.05) is 43.5 Å². The molecule has 8 heteroatoms. The highest BCUT2D eigenvalue weighted by Gasteiger charge is 2.40. The second-order valence-electron chi connectivity index (χ2n) is 8.61. The Labute approximate surface area is 209 Å². The van der Waals surface area contributed by atoms with Gasteiger partial charge in [0.25, 0.3) is 0 Å². The standard InChI is InChI=1S/C26H29ClN2O4S/c1-4-32-25(30)21-15(2)28-16(3)22(26(31)33-19-8-6-5-7-9-19)23(21)20-14-34-24(29-20)17-10-12-18(27)13-11-17/h10-14,19,23,28H,4-9H2,1-3H3. The maximum atomic E-state index is 13.5. The molecule has 0 amide bonds. The van der Waals surface area contributed by atoms with Crippen molar-refractivity contribution in [3.8, 4) is 10.6 Å². The van der Waals surface area contributed by atoms with Gasteiger partial charge >= 0.3 is 11.9 Å². The number of nitrogens with zero attached hydrogens (tertiary/aromatic N) is 1. The van der Waals surface area contributed by atoms with Crippen LogP contribution < -0.4 is 5.32 Å². The van der Waals surface area contributed by atoms with Gasteiger partial charge in [0.2, 0.25) is 0 Å². The lowest BCUT2D eigenvalue weighted by Crippen LogP contribution is -2.34. The number of dihydropyridines is 1. The van der Waals surface area contributed by atoms with Gasteiger partial charge in [-0.2, -0.15) is 0 Å². The molecule has 6 nitrogen and oxygen atoms in total. The third-order valence-corrected chi connectivity index (χ3v) is 7.37. The van der Waals surface area contributed by atoms with E-state index >= 15 is 0 Å². The van der Waals surface area contributed by atoms with Crippen molar-refractivity contribution >= 4 is 34.9 Å². The lowest BCUT2D eigenvalue weighted by atomic mass is 9.83. The first kappa shape index (κ1) is 24.5. The number of rotatable bonds is 6. The second kappa shape index (κ2) is 10.7. The number of allylic oxidation sites excluding steroid dienone is 2. The number of aromatic nitrogens is 1. The molecule has 2 aliphatic rings. The Morgan fingerprint density at radius 1 is 1.06 bits per heavy atom. The van der Waals surface area contributed by atoms with Crippen LogP contribution in [-0.2, 0) is 19.1 Å². The fourth-order valence-electron chi connectivity index (χ4n) is 4.58. The third kappa shape index (κ3) is 5.20. The molecule has 2 heterocycles. The summed E-state index contributed by atoms with van der Waals surface area (Å²) in [5.41, 5.74) is 3.64. The van der Waals surface area contributed by atoms with Crippen LogP contribution in [0.4, 0.5) is 0 Å². The molecule has 0 saturated heterocycles. The van der Waals surface area contributed by atoms with Gasteiger partial charge in [-0.25, -0.2) is 14.6 Å². The number of nitrogens with one attached hydrogen (secondary N) is 1. The van der Waals surface area contributed by atoms with Crippen molar-refractivity contribution in [3.63, 3.8) is 0 Å². The zero-order valence-corrected chi connectivity index (χ0v) is 21.2. The molecule has 2 aromatic rings. The van der Waals surface area contributed by atoms with Crippen molar-refractivity contribution < 1.29 is 19.1 Å². The van der Waals surface area contributed by atoms with Crippen LogP contribution >= 0.6 is 22.9 Å². The van der Waals surface area contributed by atoms with Crippen LogP contribution in [0.3, 0.4) is 0 Å². The number of hydrogen-bond donors (Lipinski definition) is 1. The lowest BCUT2D eigenvalue weighted by molar-refractivity contribution is -0.146. The largest absolute Gasteiger partial charge is 0.463 e. The van der Waals surface area contributed by atoms with Crippen molar-refractivity contribution in [2.45, 2.75) is 64.9 Å². The molecule has 1 fully saturated rings. The summed E-state index contributed by atoms with van der Waals surface area (Å²) < 4.78 is 11.3. The summed E-state index contributed by atoms with van der Waals surface area (Å²) in [5.74, 6) is -1.54. The zero-order valence-electron chi connectivity index (χ0n) is 19.7. The highest BCUT2D eigenvalue weighted by Crippen LogP contribution is 2.41. The summed E-state index contributed by atoms with van der Waals surface area (Å²) in [6.07, 6.45) is 4.92. The minimum Gasteiger partial charge on any atom is -0.463 e. The lowest BCUT2D eigenvalue weighted by Gasteiger charge is -2.30. The summed E-state index contributed by atoms with van der Waals surface area (Å²) in [6.45, 7) is 5.65. The van der Waals surface area contributed by atoms with Gasteiger partial charge in [-0.05, 0) is 58.6 Å². The third-order valence-electron chi connectivity index (χ3n) is 6.21. The second-order valence-corrected chi connectivity index (χ2v) is 9.90. The van der Waals surface area contributed by atoms with Crippen LogP contribution in [0.15, 0.2) is 52.2 Å². The highest BCUT2D eigenvalue weighted by molar-refractivity contribution is 7.13. The first-order chi connectivity index (χ1) is 16.4. The molecular weight excluding hydrogens is 472 g/mol. The Kier molecular flexibility index (Phi) is 7.73. The highest BCUT2D eigenvalue weighted by atomic mass is 35.5. The van der Waals surface area contributed by atoms with Gasteiger partial charge in [-0.15, -0.1) is 11.3 Å². The molecule has 1 unspecified atom stereocenters. The van der Waals surface area contributed by atoms with Crippen molar-refractivity contribution in [1.82, 2.24) is 10.3 Å². The summed E-state index contributed by atoms with van der Waals surface area (Å²) in [7, 11) is 0. The summed E-state index contributed by atoms with van der Waals surface area (Å²) in [6, 6.07) is 7.43. The molecular formula is C26H29ClN2O4S. The van der Waals surface area contributed by atoms with Crippen LogP contribution in [0.25, 0.3) is 10.6 Å². The van der Waals surface area contributed by atoms with E-state index in [-0.39, 0.29) is 12.7 Å². The van der Waals surface area contributed by atoms with Gasteiger partial charge < -0.3 is 14.8 Å². The van der Waals surface area contributed by atoms with E-state index in [4.69, 9.17) is 26.1 Å². The Morgan fingerprint density at radius 3 is 2.35 bits per heavy atom. The summed E-state index contributed by atoms with van der Waals surface area (Å²) in [5, 5.41) is 6.52. The van der Waals surface area contributed by atoms with Gasteiger partial charge in [0, 0.05) is 27.4 Å². The maximum absolute atomic E-state index is 13.5. The smallest absolute Gasteiger partial charge is 0.337 e. The molecule has 1 saturated carbocycles. The fraction of sp³-hybridized carbons (Fsp3) is 0.423. The molecule has 1 aliphatic heterocycles. The van der Waals surface area contributed by atoms with Gasteiger partial charge in [-0.1, -0.05) is 30.2 Å². The molecule has 180 valence electrons. The topological polar surface area (TPSA) is 77.5 Å². The van der Waals surface area contributed by atoms with Crippen LogP contribution in [0, 0.1) is 0 Å². The van der Waals surface area contributed by atoms with Crippen LogP contribution in [0.1, 0.15) is 64.5 Å². The first-order valence-corrected chi connectivity index (χ1v) is 12.9. The summed E-state index contributed by atoms with van der Waals surface area (Å²) in [4.78, 5) is 31.3. The number of carbonyl (C=O) groups is 2. The van der Waals surface area contributed by atoms with Gasteiger partial charge in [0.05, 0.1) is 29.4 Å². The predicted molar refractivity (Wildman–Crippen MR) is 133 cm³/mol. The molecule has 1 atom stereocenters. The SMILES string of the molecule is CCOC(=O)C1=C(C)NC(C)=C(C(=O)OC2CCCCC2)C1c1csc(-c2ccc(Cl)cc2)n1. The molecule has 1 aromatic heterocycles. The fourth-order valence-corrected chi connectivity index (χ4v) is 5.56. The quantitative estimate of drug-likeness (QED) is 0.480. The minimum atomic E-state index is -0.673. The van der Waals surface area contributed by atoms with Crippen LogP contribution in [0.5, 0.6) is 0 Å². The number of esters is 2. The number of halogens is 1. The molecule has 4 rings (SSSR count). The number of thiazole rings is 1. The molecule has 0 spiro atoms. The van der Waals surface area contributed by atoms with E-state index in [0.717, 1.165) is 36.3 Å². The molecule has 1 aromatic carbocycles. The van der Waals surface area contributed by atoms with E-state index in [2.05, 4.69) is 5.32 Å². The van der Waals surface area contributed by atoms with Crippen molar-refractivity contribution in [2.24, 2.45) is 0 Å². The number of benzene rings is 1. The van der Waals surface area contributed by atoms with Crippen LogP contribution in [0.2, 0.25) is 5.02 Å². The number of carbonyl (C=O) groups excluding carboxylic acids is 2. The molecule has 0 bridgehead atoms. The van der Waals surface area contributed by atoms with E-state index in [1.54, 1.807) is 6.92 Å². The number of ether oxygens (including phenoxy) is 2. The van der Waals surface area contributed by atoms with Gasteiger partial charge in [-0.3, -0.25) is 0 Å². The van der Waals surface area contributed by atoms with Gasteiger partial charge in [0.15, 0.2) is 0 Å². The van der Waals surface area contributed by atoms with Crippen LogP contribution in [-0.4, -0.2) is 29.6 Å². The monoisotopic (exact) mass is 500 g/mol. The molecule has 1 aliphatic carbocycles. The van der Waals surface area contributed by atoms with E-state index in [1.165, 1.54) is 17.8 Å². The van der Waals surface area contributed by atoms with E-state index in [9.17, 15) is 9.59 Å². The molecule has 34 heavy (non-hydrogen) atoms. The Morgan fingerprint density at radius 2 is 1.71 bits per heavy atom. The average Bonchev–Trinajstić information content (AvgIpc) is 3.29. The van der Waals surface area contributed by atoms with Crippen molar-refractivity contribution in [3.05, 3.63) is 62.9 Å². The Bertz CT molecular complexity index is 1130. The Hall–Kier alpha value is -2.64. The Balaban J connectivity index is 1.73. The van der Waals surface area contributed by atoms with Gasteiger partial charge in [0.1, 0.15) is 11.1 Å². The first-order valence-electron chi connectivity index (χ1n) is 11.7. The number of hydrogen-bond acceptors (Lipinski definition) is 7. The van der Waals surface area contributed by atoms with E-state index in [0.29, 0.717) is 33.3 Å². The maximum Gasteiger partial charge on any atom is 0.337 e. The molecule has 1 N–H and O–H groups in total. The summed E-state index contributed by atoms with van der Waals surface area (Å²) >= 11 is 7.49. The average molecular weight is 501 g/mol. The van der Waals surface area contributed by atoms with Crippen molar-refractivity contribution in [1.29, 1.82) is 0 Å². The normalized spacial score (nSPS) is 19.1. The van der Waals surface area contributed by atoms with E-state index < -0.39 is 17.9 Å². The minimum absolute atomic E-state index is 0.0969. The molecule has 0 radical (unpaired) electrons. The predicted octanol–water partition coefficient (Wildman–Crippen LogP) is 6.14. The zero-order chi connectivity index (χ0) is 24.2.